The normalized spacial score (nSPS) is 35.2. The van der Waals surface area contributed by atoms with Crippen LogP contribution in [0, 0.1) is 11.8 Å². The summed E-state index contributed by atoms with van der Waals surface area (Å²) in [6.45, 7) is 0. The van der Waals surface area contributed by atoms with E-state index in [0.29, 0.717) is 5.57 Å². The topological polar surface area (TPSA) is 116 Å². The Kier molecular flexibility index (Phi) is 4.22. The Hall–Kier alpha value is -2.75. The molecule has 2 N–H and O–H groups in total. The lowest BCUT2D eigenvalue weighted by molar-refractivity contribution is -0.348. The number of carbonyl (C=O) groups excluding carboxylic acids is 2. The Bertz CT molecular complexity index is 837. The van der Waals surface area contributed by atoms with E-state index in [4.69, 9.17) is 19.2 Å². The summed E-state index contributed by atoms with van der Waals surface area (Å²) >= 11 is 0. The number of nitrogens with zero attached hydrogens (tertiary/aromatic N) is 1. The van der Waals surface area contributed by atoms with E-state index in [1.807, 2.05) is 36.4 Å². The highest BCUT2D eigenvalue weighted by molar-refractivity contribution is 6.38. The van der Waals surface area contributed by atoms with Crippen LogP contribution < -0.4 is 5.43 Å². The van der Waals surface area contributed by atoms with Gasteiger partial charge in [-0.1, -0.05) is 36.4 Å². The molecule has 1 aliphatic carbocycles. The third kappa shape index (κ3) is 2.54. The summed E-state index contributed by atoms with van der Waals surface area (Å²) in [4.78, 5) is 35.2. The van der Waals surface area contributed by atoms with Crippen LogP contribution in [0.3, 0.4) is 0 Å². The minimum Gasteiger partial charge on any atom is -0.465 e. The summed E-state index contributed by atoms with van der Waals surface area (Å²) < 4.78 is 9.52. The first-order chi connectivity index (χ1) is 13.0. The number of benzene rings is 1. The first-order valence-corrected chi connectivity index (χ1v) is 8.33. The molecule has 2 heterocycles. The molecule has 0 radical (unpaired) electrons. The van der Waals surface area contributed by atoms with Crippen molar-refractivity contribution in [2.45, 2.75) is 17.9 Å². The zero-order valence-electron chi connectivity index (χ0n) is 14.6. The molecule has 1 unspecified atom stereocenters. The standard InChI is InChI=1S/C18H18N2O7/c1-24-16(21)13-11-12(18(23,20-19-13)17(22)25-2)15-10(14(11)26-27-15)8-9-6-4-3-5-7-9/h3-8,11-12,14-15,20,23H,1-2H3/b10-8+/t11-,12-,14-,15+,18?/m0/s1. The molecule has 9 nitrogen and oxygen atoms in total. The van der Waals surface area contributed by atoms with Gasteiger partial charge >= 0.3 is 11.9 Å². The van der Waals surface area contributed by atoms with Crippen LogP contribution in [0.15, 0.2) is 41.0 Å². The lowest BCUT2D eigenvalue weighted by atomic mass is 9.79. The highest BCUT2D eigenvalue weighted by Crippen LogP contribution is 2.52. The SMILES string of the molecule is COC(=O)C1=NNC(O)(C(=O)OC)[C@H]2[C@@H]1[C@H]1OO[C@@H]2/C1=C/c1ccccc1. The Balaban J connectivity index is 1.81. The van der Waals surface area contributed by atoms with E-state index in [1.54, 1.807) is 0 Å². The van der Waals surface area contributed by atoms with Gasteiger partial charge in [0.05, 0.1) is 26.1 Å². The molecule has 4 rings (SSSR count). The minimum absolute atomic E-state index is 0.0193. The molecule has 3 aliphatic rings. The van der Waals surface area contributed by atoms with E-state index in [0.717, 1.165) is 12.7 Å². The maximum absolute atomic E-state index is 12.3. The van der Waals surface area contributed by atoms with Crippen molar-refractivity contribution in [1.82, 2.24) is 5.43 Å². The van der Waals surface area contributed by atoms with E-state index in [9.17, 15) is 14.7 Å². The van der Waals surface area contributed by atoms with E-state index in [2.05, 4.69) is 10.5 Å². The fraction of sp³-hybridized carbons (Fsp3) is 0.389. The number of hydrogen-bond acceptors (Lipinski definition) is 9. The highest BCUT2D eigenvalue weighted by Gasteiger charge is 2.68. The fourth-order valence-electron chi connectivity index (χ4n) is 3.92. The maximum Gasteiger partial charge on any atom is 0.361 e. The van der Waals surface area contributed by atoms with Crippen molar-refractivity contribution in [2.75, 3.05) is 14.2 Å². The average Bonchev–Trinajstić information content (AvgIpc) is 3.23. The van der Waals surface area contributed by atoms with Gasteiger partial charge in [0, 0.05) is 0 Å². The average molecular weight is 374 g/mol. The Morgan fingerprint density at radius 3 is 2.56 bits per heavy atom. The van der Waals surface area contributed by atoms with Crippen molar-refractivity contribution in [3.8, 4) is 0 Å². The van der Waals surface area contributed by atoms with Gasteiger partial charge in [0.1, 0.15) is 12.2 Å². The molecule has 0 spiro atoms. The molecule has 1 saturated carbocycles. The second kappa shape index (κ2) is 6.45. The highest BCUT2D eigenvalue weighted by atomic mass is 17.2. The fourth-order valence-corrected chi connectivity index (χ4v) is 3.92. The molecule has 1 aromatic rings. The lowest BCUT2D eigenvalue weighted by Crippen LogP contribution is -2.66. The van der Waals surface area contributed by atoms with Gasteiger partial charge in [0.15, 0.2) is 5.71 Å². The van der Waals surface area contributed by atoms with Crippen molar-refractivity contribution in [3.05, 3.63) is 41.5 Å². The number of nitrogens with one attached hydrogen (secondary N) is 1. The molecular formula is C18H18N2O7. The van der Waals surface area contributed by atoms with E-state index in [1.165, 1.54) is 7.11 Å². The van der Waals surface area contributed by atoms with Crippen molar-refractivity contribution in [3.63, 3.8) is 0 Å². The molecule has 2 aliphatic heterocycles. The molecule has 1 saturated heterocycles. The van der Waals surface area contributed by atoms with Crippen LogP contribution in [-0.2, 0) is 28.8 Å². The molecule has 27 heavy (non-hydrogen) atoms. The molecule has 2 fully saturated rings. The summed E-state index contributed by atoms with van der Waals surface area (Å²) in [6, 6.07) is 9.44. The van der Waals surface area contributed by atoms with E-state index < -0.39 is 41.7 Å². The first-order valence-electron chi connectivity index (χ1n) is 8.33. The third-order valence-electron chi connectivity index (χ3n) is 5.13. The number of hydrazone groups is 1. The van der Waals surface area contributed by atoms with Crippen LogP contribution in [0.4, 0.5) is 0 Å². The van der Waals surface area contributed by atoms with Crippen molar-refractivity contribution >= 4 is 23.7 Å². The zero-order chi connectivity index (χ0) is 19.2. The summed E-state index contributed by atoms with van der Waals surface area (Å²) in [7, 11) is 2.38. The Labute approximate surface area is 154 Å². The van der Waals surface area contributed by atoms with Crippen molar-refractivity contribution < 1.29 is 33.9 Å². The third-order valence-corrected chi connectivity index (χ3v) is 5.13. The second-order valence-corrected chi connectivity index (χ2v) is 6.50. The number of rotatable bonds is 3. The van der Waals surface area contributed by atoms with Crippen LogP contribution >= 0.6 is 0 Å². The van der Waals surface area contributed by atoms with Gasteiger partial charge in [-0.15, -0.1) is 0 Å². The Morgan fingerprint density at radius 2 is 1.89 bits per heavy atom. The van der Waals surface area contributed by atoms with Gasteiger partial charge in [0.25, 0.3) is 5.72 Å². The number of methoxy groups -OCH3 is 2. The molecule has 1 aromatic carbocycles. The van der Waals surface area contributed by atoms with Gasteiger partial charge in [0.2, 0.25) is 0 Å². The smallest absolute Gasteiger partial charge is 0.361 e. The summed E-state index contributed by atoms with van der Waals surface area (Å²) in [5, 5.41) is 14.9. The van der Waals surface area contributed by atoms with Crippen molar-refractivity contribution in [1.29, 1.82) is 0 Å². The number of hydrogen-bond donors (Lipinski definition) is 2. The zero-order valence-corrected chi connectivity index (χ0v) is 14.6. The van der Waals surface area contributed by atoms with Crippen LogP contribution in [-0.4, -0.2) is 54.9 Å². The maximum atomic E-state index is 12.3. The Morgan fingerprint density at radius 1 is 1.19 bits per heavy atom. The molecule has 5 atom stereocenters. The largest absolute Gasteiger partial charge is 0.465 e. The van der Waals surface area contributed by atoms with Gasteiger partial charge < -0.3 is 14.6 Å². The monoisotopic (exact) mass is 374 g/mol. The van der Waals surface area contributed by atoms with Crippen LogP contribution in [0.1, 0.15) is 5.56 Å². The number of fused-ring (bicyclic) bond motifs is 5. The molecule has 2 bridgehead atoms. The van der Waals surface area contributed by atoms with E-state index >= 15 is 0 Å². The summed E-state index contributed by atoms with van der Waals surface area (Å²) in [5.41, 5.74) is 1.79. The van der Waals surface area contributed by atoms with Gasteiger partial charge in [-0.3, -0.25) is 5.43 Å². The lowest BCUT2D eigenvalue weighted by Gasteiger charge is -2.41. The number of ether oxygens (including phenoxy) is 2. The second-order valence-electron chi connectivity index (χ2n) is 6.50. The van der Waals surface area contributed by atoms with Gasteiger partial charge in [-0.05, 0) is 11.1 Å². The number of aliphatic hydroxyl groups is 1. The molecule has 142 valence electrons. The van der Waals surface area contributed by atoms with E-state index in [-0.39, 0.29) is 5.71 Å². The molecule has 0 aromatic heterocycles. The summed E-state index contributed by atoms with van der Waals surface area (Å²) in [6.07, 6.45) is 0.385. The number of esters is 2. The quantitative estimate of drug-likeness (QED) is 0.562. The minimum atomic E-state index is -2.17. The predicted molar refractivity (Wildman–Crippen MR) is 90.7 cm³/mol. The van der Waals surface area contributed by atoms with Crippen LogP contribution in [0.2, 0.25) is 0 Å². The number of carbonyl (C=O) groups is 2. The van der Waals surface area contributed by atoms with Crippen LogP contribution in [0.25, 0.3) is 6.08 Å². The molecular weight excluding hydrogens is 356 g/mol. The first kappa shape index (κ1) is 17.7. The molecule has 0 amide bonds. The van der Waals surface area contributed by atoms with Crippen molar-refractivity contribution in [2.24, 2.45) is 16.9 Å². The molecule has 9 heteroatoms. The summed E-state index contributed by atoms with van der Waals surface area (Å²) in [5.74, 6) is -3.23. The van der Waals surface area contributed by atoms with Crippen LogP contribution in [0.5, 0.6) is 0 Å². The van der Waals surface area contributed by atoms with Gasteiger partial charge in [-0.2, -0.15) is 5.10 Å². The predicted octanol–water partition coefficient (Wildman–Crippen LogP) is 0.00880. The van der Waals surface area contributed by atoms with Gasteiger partial charge in [-0.25, -0.2) is 19.4 Å².